The minimum atomic E-state index is -0.935. The van der Waals surface area contributed by atoms with Crippen molar-refractivity contribution in [1.82, 2.24) is 15.6 Å². The molecule has 0 atom stereocenters. The molecule has 1 aromatic heterocycles. The van der Waals surface area contributed by atoms with Crippen LogP contribution in [0.15, 0.2) is 54.7 Å². The zero-order chi connectivity index (χ0) is 23.7. The van der Waals surface area contributed by atoms with Crippen LogP contribution in [0.2, 0.25) is 0 Å². The van der Waals surface area contributed by atoms with Gasteiger partial charge in [-0.25, -0.2) is 9.78 Å². The summed E-state index contributed by atoms with van der Waals surface area (Å²) in [5, 5.41) is 15.0. The molecule has 1 heterocycles. The fourth-order valence-corrected chi connectivity index (χ4v) is 5.14. The molecule has 174 valence electrons. The van der Waals surface area contributed by atoms with Gasteiger partial charge in [0.1, 0.15) is 16.5 Å². The standard InChI is InChI=1S/C25H23N3O5S/c29-22(30)11-25(9-10-25)28-23(31)20-12-26-21(34-20)13-27-24(32)33-14-19-17-7-3-1-5-15(17)16-6-2-4-8-18(16)19/h1-8,12,19H,9-11,13-14H2,(H,27,32)(H,28,31)(H,29,30). The van der Waals surface area contributed by atoms with Crippen LogP contribution in [-0.4, -0.2) is 40.2 Å². The number of carboxylic acid groups (broad SMARTS) is 1. The summed E-state index contributed by atoms with van der Waals surface area (Å²) in [7, 11) is 0. The van der Waals surface area contributed by atoms with E-state index in [1.807, 2.05) is 24.3 Å². The molecule has 0 radical (unpaired) electrons. The van der Waals surface area contributed by atoms with Crippen molar-refractivity contribution < 1.29 is 24.2 Å². The first kappa shape index (κ1) is 22.1. The van der Waals surface area contributed by atoms with Crippen molar-refractivity contribution in [2.45, 2.75) is 37.3 Å². The van der Waals surface area contributed by atoms with Crippen LogP contribution in [0.25, 0.3) is 11.1 Å². The van der Waals surface area contributed by atoms with Crippen molar-refractivity contribution in [3.63, 3.8) is 0 Å². The lowest BCUT2D eigenvalue weighted by Crippen LogP contribution is -2.38. The van der Waals surface area contributed by atoms with Gasteiger partial charge in [0.05, 0.1) is 24.7 Å². The maximum absolute atomic E-state index is 12.4. The number of carbonyl (C=O) groups is 3. The molecule has 34 heavy (non-hydrogen) atoms. The lowest BCUT2D eigenvalue weighted by molar-refractivity contribution is -0.137. The highest BCUT2D eigenvalue weighted by molar-refractivity contribution is 7.13. The molecule has 2 aromatic carbocycles. The molecule has 1 fully saturated rings. The van der Waals surface area contributed by atoms with E-state index in [2.05, 4.69) is 39.9 Å². The summed E-state index contributed by atoms with van der Waals surface area (Å²) in [4.78, 5) is 40.3. The number of nitrogens with one attached hydrogen (secondary N) is 2. The Hall–Kier alpha value is -3.72. The summed E-state index contributed by atoms with van der Waals surface area (Å²) in [6, 6.07) is 16.3. The molecule has 0 unspecified atom stereocenters. The molecular weight excluding hydrogens is 454 g/mol. The molecule has 2 aliphatic carbocycles. The second kappa shape index (κ2) is 8.90. The number of ether oxygens (including phenoxy) is 1. The number of alkyl carbamates (subject to hydrolysis) is 1. The summed E-state index contributed by atoms with van der Waals surface area (Å²) in [6.45, 7) is 0.353. The third-order valence-electron chi connectivity index (χ3n) is 6.23. The van der Waals surface area contributed by atoms with Crippen molar-refractivity contribution in [3.8, 4) is 11.1 Å². The molecule has 0 spiro atoms. The highest BCUT2D eigenvalue weighted by Gasteiger charge is 2.46. The number of nitrogens with zero attached hydrogens (tertiary/aromatic N) is 1. The topological polar surface area (TPSA) is 118 Å². The molecule has 9 heteroatoms. The quantitative estimate of drug-likeness (QED) is 0.453. The lowest BCUT2D eigenvalue weighted by atomic mass is 9.98. The fourth-order valence-electron chi connectivity index (χ4n) is 4.38. The molecular formula is C25H23N3O5S. The van der Waals surface area contributed by atoms with Crippen LogP contribution >= 0.6 is 11.3 Å². The van der Waals surface area contributed by atoms with Gasteiger partial charge in [0.15, 0.2) is 0 Å². The summed E-state index contributed by atoms with van der Waals surface area (Å²) in [6.07, 6.45) is 2.10. The van der Waals surface area contributed by atoms with Gasteiger partial charge < -0.3 is 20.5 Å². The number of carbonyl (C=O) groups excluding carboxylic acids is 2. The van der Waals surface area contributed by atoms with Crippen LogP contribution in [-0.2, 0) is 16.1 Å². The Morgan fingerprint density at radius 3 is 2.32 bits per heavy atom. The Balaban J connectivity index is 1.14. The molecule has 0 saturated heterocycles. The average Bonchev–Trinajstić information content (AvgIpc) is 3.27. The first-order valence-electron chi connectivity index (χ1n) is 11.0. The summed E-state index contributed by atoms with van der Waals surface area (Å²) in [5.41, 5.74) is 3.97. The van der Waals surface area contributed by atoms with E-state index in [0.717, 1.165) is 33.6 Å². The fraction of sp³-hybridized carbons (Fsp3) is 0.280. The maximum Gasteiger partial charge on any atom is 0.407 e. The van der Waals surface area contributed by atoms with Gasteiger partial charge in [0.2, 0.25) is 0 Å². The monoisotopic (exact) mass is 477 g/mol. The number of rotatable bonds is 8. The maximum atomic E-state index is 12.4. The van der Waals surface area contributed by atoms with Crippen LogP contribution in [0.3, 0.4) is 0 Å². The van der Waals surface area contributed by atoms with Gasteiger partial charge in [-0.05, 0) is 35.1 Å². The molecule has 2 amide bonds. The van der Waals surface area contributed by atoms with Crippen LogP contribution in [0.1, 0.15) is 51.0 Å². The third-order valence-corrected chi connectivity index (χ3v) is 7.22. The normalized spacial score (nSPS) is 15.2. The minimum Gasteiger partial charge on any atom is -0.481 e. The molecule has 8 nitrogen and oxygen atoms in total. The largest absolute Gasteiger partial charge is 0.481 e. The Morgan fingerprint density at radius 1 is 1.06 bits per heavy atom. The van der Waals surface area contributed by atoms with E-state index in [0.29, 0.717) is 22.7 Å². The van der Waals surface area contributed by atoms with Gasteiger partial charge in [-0.2, -0.15) is 0 Å². The van der Waals surface area contributed by atoms with Crippen molar-refractivity contribution in [2.75, 3.05) is 6.61 Å². The number of fused-ring (bicyclic) bond motifs is 3. The number of hydrogen-bond acceptors (Lipinski definition) is 6. The van der Waals surface area contributed by atoms with Crippen LogP contribution in [0.4, 0.5) is 4.79 Å². The number of aliphatic carboxylic acids is 1. The number of carboxylic acids is 1. The van der Waals surface area contributed by atoms with E-state index in [1.54, 1.807) is 0 Å². The number of hydrogen-bond donors (Lipinski definition) is 3. The smallest absolute Gasteiger partial charge is 0.407 e. The SMILES string of the molecule is O=C(O)CC1(NC(=O)c2cnc(CNC(=O)OCC3c4ccccc4-c4ccccc43)s2)CC1. The van der Waals surface area contributed by atoms with E-state index >= 15 is 0 Å². The summed E-state index contributed by atoms with van der Waals surface area (Å²) in [5.74, 6) is -1.30. The van der Waals surface area contributed by atoms with Gasteiger partial charge in [-0.1, -0.05) is 48.5 Å². The Labute approximate surface area is 200 Å². The van der Waals surface area contributed by atoms with E-state index in [9.17, 15) is 14.4 Å². The number of aromatic nitrogens is 1. The van der Waals surface area contributed by atoms with Crippen LogP contribution in [0, 0.1) is 0 Å². The lowest BCUT2D eigenvalue weighted by Gasteiger charge is -2.14. The Kier molecular flexibility index (Phi) is 5.79. The predicted octanol–water partition coefficient (Wildman–Crippen LogP) is 3.92. The zero-order valence-electron chi connectivity index (χ0n) is 18.2. The number of thiazole rings is 1. The van der Waals surface area contributed by atoms with E-state index in [-0.39, 0.29) is 31.4 Å². The van der Waals surface area contributed by atoms with Gasteiger partial charge in [-0.15, -0.1) is 11.3 Å². The molecule has 2 aliphatic rings. The van der Waals surface area contributed by atoms with E-state index < -0.39 is 17.6 Å². The number of amides is 2. The highest BCUT2D eigenvalue weighted by atomic mass is 32.1. The van der Waals surface area contributed by atoms with Gasteiger partial charge in [0.25, 0.3) is 5.91 Å². The summed E-state index contributed by atoms with van der Waals surface area (Å²) >= 11 is 1.15. The van der Waals surface area contributed by atoms with Gasteiger partial charge in [-0.3, -0.25) is 9.59 Å². The summed E-state index contributed by atoms with van der Waals surface area (Å²) < 4.78 is 5.52. The molecule has 5 rings (SSSR count). The van der Waals surface area contributed by atoms with Crippen molar-refractivity contribution in [3.05, 3.63) is 75.7 Å². The van der Waals surface area contributed by atoms with E-state index in [1.165, 1.54) is 6.20 Å². The van der Waals surface area contributed by atoms with Crippen LogP contribution < -0.4 is 10.6 Å². The second-order valence-electron chi connectivity index (χ2n) is 8.60. The van der Waals surface area contributed by atoms with E-state index in [4.69, 9.17) is 9.84 Å². The molecule has 0 aliphatic heterocycles. The predicted molar refractivity (Wildman–Crippen MR) is 126 cm³/mol. The molecule has 3 aromatic rings. The van der Waals surface area contributed by atoms with Gasteiger partial charge >= 0.3 is 12.1 Å². The van der Waals surface area contributed by atoms with Crippen molar-refractivity contribution in [1.29, 1.82) is 0 Å². The molecule has 1 saturated carbocycles. The number of benzene rings is 2. The minimum absolute atomic E-state index is 0.0196. The third kappa shape index (κ3) is 4.51. The Bertz CT molecular complexity index is 1220. The first-order valence-corrected chi connectivity index (χ1v) is 11.8. The first-order chi connectivity index (χ1) is 16.4. The second-order valence-corrected chi connectivity index (χ2v) is 9.72. The average molecular weight is 478 g/mol. The molecule has 0 bridgehead atoms. The van der Waals surface area contributed by atoms with Crippen LogP contribution in [0.5, 0.6) is 0 Å². The Morgan fingerprint density at radius 2 is 1.71 bits per heavy atom. The zero-order valence-corrected chi connectivity index (χ0v) is 19.1. The van der Waals surface area contributed by atoms with Crippen molar-refractivity contribution >= 4 is 29.3 Å². The van der Waals surface area contributed by atoms with Gasteiger partial charge in [0, 0.05) is 5.92 Å². The highest BCUT2D eigenvalue weighted by Crippen LogP contribution is 2.44. The molecule has 3 N–H and O–H groups in total. The van der Waals surface area contributed by atoms with Crippen molar-refractivity contribution in [2.24, 2.45) is 0 Å².